The van der Waals surface area contributed by atoms with Crippen molar-refractivity contribution in [2.24, 2.45) is 5.92 Å². The number of amides is 2. The van der Waals surface area contributed by atoms with Crippen LogP contribution in [0.3, 0.4) is 0 Å². The molecule has 1 N–H and O–H groups in total. The number of benzene rings is 1. The Balaban J connectivity index is 1.56. The summed E-state index contributed by atoms with van der Waals surface area (Å²) in [5.74, 6) is 0.0103. The number of hydrogen-bond donors (Lipinski definition) is 1. The van der Waals surface area contributed by atoms with E-state index in [0.29, 0.717) is 24.4 Å². The number of fused-ring (bicyclic) bond motifs is 2. The number of piperidine rings is 1. The van der Waals surface area contributed by atoms with Crippen LogP contribution in [0.1, 0.15) is 52.0 Å². The van der Waals surface area contributed by atoms with Crippen LogP contribution in [-0.4, -0.2) is 34.6 Å². The van der Waals surface area contributed by atoms with E-state index in [1.165, 1.54) is 0 Å². The monoisotopic (exact) mass is 378 g/mol. The van der Waals surface area contributed by atoms with Crippen molar-refractivity contribution in [2.45, 2.75) is 70.7 Å². The van der Waals surface area contributed by atoms with Crippen LogP contribution in [0, 0.1) is 5.92 Å². The minimum absolute atomic E-state index is 0.0506. The first-order valence-electron chi connectivity index (χ1n) is 9.26. The molecule has 2 unspecified atom stereocenters. The van der Waals surface area contributed by atoms with Gasteiger partial charge < -0.3 is 15.0 Å². The predicted octanol–water partition coefficient (Wildman–Crippen LogP) is 4.13. The second-order valence-electron chi connectivity index (χ2n) is 8.29. The molecule has 0 spiro atoms. The van der Waals surface area contributed by atoms with E-state index >= 15 is 0 Å². The molecule has 1 aromatic carbocycles. The van der Waals surface area contributed by atoms with Crippen LogP contribution in [0.15, 0.2) is 24.3 Å². The van der Waals surface area contributed by atoms with Crippen molar-refractivity contribution in [1.82, 2.24) is 10.2 Å². The fraction of sp³-hybridized carbons (Fsp3) is 0.600. The molecule has 1 aromatic rings. The number of ether oxygens (including phenoxy) is 1. The summed E-state index contributed by atoms with van der Waals surface area (Å²) in [4.78, 5) is 27.0. The van der Waals surface area contributed by atoms with Gasteiger partial charge in [-0.25, -0.2) is 4.79 Å². The maximum atomic E-state index is 12.6. The molecular formula is C20H27ClN2O3. The van der Waals surface area contributed by atoms with Crippen molar-refractivity contribution >= 4 is 23.6 Å². The molecule has 142 valence electrons. The lowest BCUT2D eigenvalue weighted by Gasteiger charge is -2.39. The second kappa shape index (κ2) is 7.47. The lowest BCUT2D eigenvalue weighted by molar-refractivity contribution is -0.127. The van der Waals surface area contributed by atoms with Gasteiger partial charge in [0.05, 0.1) is 0 Å². The maximum absolute atomic E-state index is 12.6. The summed E-state index contributed by atoms with van der Waals surface area (Å²) in [7, 11) is 0. The number of nitrogens with one attached hydrogen (secondary N) is 1. The van der Waals surface area contributed by atoms with E-state index in [0.717, 1.165) is 18.4 Å². The highest BCUT2D eigenvalue weighted by atomic mass is 35.5. The number of hydrogen-bond acceptors (Lipinski definition) is 3. The zero-order chi connectivity index (χ0) is 18.9. The Morgan fingerprint density at radius 2 is 1.88 bits per heavy atom. The fourth-order valence-corrected chi connectivity index (χ4v) is 4.20. The smallest absolute Gasteiger partial charge is 0.410 e. The normalized spacial score (nSPS) is 25.1. The first-order valence-corrected chi connectivity index (χ1v) is 9.64. The first-order chi connectivity index (χ1) is 12.2. The molecule has 0 radical (unpaired) electrons. The molecular weight excluding hydrogens is 352 g/mol. The van der Waals surface area contributed by atoms with Crippen LogP contribution in [0.25, 0.3) is 0 Å². The molecule has 2 amide bonds. The van der Waals surface area contributed by atoms with Gasteiger partial charge in [-0.15, -0.1) is 0 Å². The Morgan fingerprint density at radius 1 is 1.23 bits per heavy atom. The molecule has 0 aliphatic carbocycles. The molecule has 2 heterocycles. The van der Waals surface area contributed by atoms with Crippen LogP contribution in [0.5, 0.6) is 0 Å². The Labute approximate surface area is 160 Å². The Morgan fingerprint density at radius 3 is 2.46 bits per heavy atom. The van der Waals surface area contributed by atoms with Crippen molar-refractivity contribution in [1.29, 1.82) is 0 Å². The van der Waals surface area contributed by atoms with E-state index in [-0.39, 0.29) is 30.0 Å². The lowest BCUT2D eigenvalue weighted by Crippen LogP contribution is -2.50. The number of rotatable bonds is 3. The topological polar surface area (TPSA) is 58.6 Å². The van der Waals surface area contributed by atoms with E-state index in [1.807, 2.05) is 49.9 Å². The van der Waals surface area contributed by atoms with Crippen molar-refractivity contribution in [3.63, 3.8) is 0 Å². The third-order valence-corrected chi connectivity index (χ3v) is 5.30. The third kappa shape index (κ3) is 4.50. The minimum Gasteiger partial charge on any atom is -0.444 e. The largest absolute Gasteiger partial charge is 0.444 e. The zero-order valence-corrected chi connectivity index (χ0v) is 16.4. The Kier molecular flexibility index (Phi) is 5.47. The molecule has 2 aliphatic heterocycles. The van der Waals surface area contributed by atoms with Crippen molar-refractivity contribution in [3.05, 3.63) is 34.9 Å². The number of halogens is 1. The van der Waals surface area contributed by atoms with Gasteiger partial charge in [-0.1, -0.05) is 23.7 Å². The Bertz CT molecular complexity index is 672. The summed E-state index contributed by atoms with van der Waals surface area (Å²) in [6.07, 6.45) is 3.06. The van der Waals surface area contributed by atoms with Crippen molar-refractivity contribution in [3.8, 4) is 0 Å². The molecule has 2 fully saturated rings. The van der Waals surface area contributed by atoms with Crippen LogP contribution < -0.4 is 5.32 Å². The van der Waals surface area contributed by atoms with Crippen LogP contribution in [0.2, 0.25) is 5.02 Å². The molecule has 3 atom stereocenters. The molecule has 2 saturated heterocycles. The van der Waals surface area contributed by atoms with E-state index in [4.69, 9.17) is 16.3 Å². The van der Waals surface area contributed by atoms with E-state index in [9.17, 15) is 9.59 Å². The first kappa shape index (κ1) is 19.0. The van der Waals surface area contributed by atoms with Gasteiger partial charge >= 0.3 is 6.09 Å². The Hall–Kier alpha value is -1.75. The van der Waals surface area contributed by atoms with Gasteiger partial charge in [-0.05, 0) is 64.2 Å². The molecule has 0 saturated carbocycles. The number of carbonyl (C=O) groups is 2. The summed E-state index contributed by atoms with van der Waals surface area (Å²) >= 11 is 5.98. The molecule has 5 nitrogen and oxygen atoms in total. The molecule has 26 heavy (non-hydrogen) atoms. The highest BCUT2D eigenvalue weighted by Gasteiger charge is 2.46. The maximum Gasteiger partial charge on any atom is 0.410 e. The summed E-state index contributed by atoms with van der Waals surface area (Å²) in [6.45, 7) is 6.11. The van der Waals surface area contributed by atoms with Crippen LogP contribution in [0.4, 0.5) is 4.79 Å². The van der Waals surface area contributed by atoms with Crippen LogP contribution >= 0.6 is 11.6 Å². The fourth-order valence-electron chi connectivity index (χ4n) is 3.98. The average Bonchev–Trinajstić information content (AvgIpc) is 2.81. The lowest BCUT2D eigenvalue weighted by atomic mass is 9.90. The average molecular weight is 379 g/mol. The van der Waals surface area contributed by atoms with E-state index in [1.54, 1.807) is 0 Å². The van der Waals surface area contributed by atoms with Gasteiger partial charge in [-0.2, -0.15) is 0 Å². The van der Waals surface area contributed by atoms with Crippen molar-refractivity contribution in [2.75, 3.05) is 0 Å². The van der Waals surface area contributed by atoms with Gasteiger partial charge in [0.25, 0.3) is 0 Å². The highest BCUT2D eigenvalue weighted by Crippen LogP contribution is 2.39. The van der Waals surface area contributed by atoms with E-state index in [2.05, 4.69) is 5.32 Å². The number of carbonyl (C=O) groups excluding carboxylic acids is 2. The minimum atomic E-state index is -0.498. The molecule has 0 aromatic heterocycles. The number of nitrogens with zero attached hydrogens (tertiary/aromatic N) is 1. The van der Waals surface area contributed by atoms with Crippen LogP contribution in [-0.2, 0) is 16.1 Å². The van der Waals surface area contributed by atoms with Crippen molar-refractivity contribution < 1.29 is 14.3 Å². The van der Waals surface area contributed by atoms with E-state index < -0.39 is 5.60 Å². The SMILES string of the molecule is CC(C)(C)OC(=O)N1C2CC[C@@H]1CC(C(=O)NCc1cccc(Cl)c1)C2. The van der Waals surface area contributed by atoms with Gasteiger partial charge in [0.2, 0.25) is 5.91 Å². The van der Waals surface area contributed by atoms with Gasteiger partial charge in [0, 0.05) is 29.6 Å². The van der Waals surface area contributed by atoms with Gasteiger partial charge in [0.1, 0.15) is 5.60 Å². The third-order valence-electron chi connectivity index (χ3n) is 5.06. The van der Waals surface area contributed by atoms with Gasteiger partial charge in [0.15, 0.2) is 0 Å². The summed E-state index contributed by atoms with van der Waals surface area (Å²) < 4.78 is 5.54. The molecule has 2 aliphatic rings. The molecule has 6 heteroatoms. The van der Waals surface area contributed by atoms with Gasteiger partial charge in [-0.3, -0.25) is 4.79 Å². The standard InChI is InChI=1S/C20H27ClN2O3/c1-20(2,3)26-19(25)23-16-7-8-17(23)11-14(10-16)18(24)22-12-13-5-4-6-15(21)9-13/h4-6,9,14,16-17H,7-8,10-12H2,1-3H3,(H,22,24)/t14?,16-,17?/m1/s1. The second-order valence-corrected chi connectivity index (χ2v) is 8.73. The zero-order valence-electron chi connectivity index (χ0n) is 15.6. The summed E-state index contributed by atoms with van der Waals surface area (Å²) in [5, 5.41) is 3.68. The molecule has 2 bridgehead atoms. The predicted molar refractivity (Wildman–Crippen MR) is 101 cm³/mol. The highest BCUT2D eigenvalue weighted by molar-refractivity contribution is 6.30. The molecule has 3 rings (SSSR count). The summed E-state index contributed by atoms with van der Waals surface area (Å²) in [6, 6.07) is 7.70. The summed E-state index contributed by atoms with van der Waals surface area (Å²) in [5.41, 5.74) is 0.488. The quantitative estimate of drug-likeness (QED) is 0.860.